The van der Waals surface area contributed by atoms with Crippen LogP contribution in [0.2, 0.25) is 5.02 Å². The number of H-pyrrole nitrogens is 1. The second-order valence-electron chi connectivity index (χ2n) is 10.8. The van der Waals surface area contributed by atoms with Gasteiger partial charge in [0.05, 0.1) is 0 Å². The highest BCUT2D eigenvalue weighted by Crippen LogP contribution is 2.47. The van der Waals surface area contributed by atoms with Gasteiger partial charge in [0.2, 0.25) is 5.78 Å². The van der Waals surface area contributed by atoms with Crippen molar-refractivity contribution in [2.24, 2.45) is 0 Å². The smallest absolute Gasteiger partial charge is 0.275 e. The number of aromatic nitrogens is 4. The predicted octanol–water partition coefficient (Wildman–Crippen LogP) is 5.03. The van der Waals surface area contributed by atoms with Crippen molar-refractivity contribution in [1.29, 1.82) is 0 Å². The Labute approximate surface area is 236 Å². The molecule has 204 valence electrons. The molecule has 1 unspecified atom stereocenters. The average Bonchev–Trinajstić information content (AvgIpc) is 3.63. The lowest BCUT2D eigenvalue weighted by molar-refractivity contribution is -0.135. The van der Waals surface area contributed by atoms with Crippen LogP contribution in [0.15, 0.2) is 83.7 Å². The summed E-state index contributed by atoms with van der Waals surface area (Å²) in [5, 5.41) is 8.05. The van der Waals surface area contributed by atoms with E-state index >= 15 is 0 Å². The number of nitrogens with zero attached hydrogens (tertiary/aromatic N) is 3. The lowest BCUT2D eigenvalue weighted by Gasteiger charge is -2.30. The van der Waals surface area contributed by atoms with Gasteiger partial charge in [0.25, 0.3) is 11.5 Å². The fourth-order valence-corrected chi connectivity index (χ4v) is 5.40. The highest BCUT2D eigenvalue weighted by atomic mass is 35.5. The van der Waals surface area contributed by atoms with Gasteiger partial charge in [-0.2, -0.15) is 9.50 Å². The van der Waals surface area contributed by atoms with Gasteiger partial charge in [-0.1, -0.05) is 66.2 Å². The van der Waals surface area contributed by atoms with E-state index in [1.54, 1.807) is 31.2 Å². The van der Waals surface area contributed by atoms with Crippen molar-refractivity contribution in [1.82, 2.24) is 24.9 Å². The van der Waals surface area contributed by atoms with Gasteiger partial charge in [-0.05, 0) is 61.9 Å². The number of fused-ring (bicyclic) bond motifs is 1. The quantitative estimate of drug-likeness (QED) is 0.301. The van der Waals surface area contributed by atoms with Gasteiger partial charge in [-0.15, -0.1) is 5.10 Å². The summed E-state index contributed by atoms with van der Waals surface area (Å²) in [5.41, 5.74) is 0.953. The fourth-order valence-electron chi connectivity index (χ4n) is 5.22. The van der Waals surface area contributed by atoms with E-state index in [-0.39, 0.29) is 23.3 Å². The number of carbonyl (C=O) groups excluding carboxylic acids is 1. The van der Waals surface area contributed by atoms with E-state index in [2.05, 4.69) is 38.6 Å². The molecule has 2 N–H and O–H groups in total. The number of aromatic amines is 1. The first-order chi connectivity index (χ1) is 19.3. The summed E-state index contributed by atoms with van der Waals surface area (Å²) < 4.78 is 7.57. The standard InChI is InChI=1S/C31H30ClN5O3/c1-30(40-25-14-8-13-23(32)17-25,28(39)33-20-31(15-16-31)22-11-6-3-7-12-22)19-24-18-26(38)37-29(34-24)35-27(36-37)21-9-4-2-5-10-21/h2-4,6-9,11-14,17-18H,5,10,15-16,19-20H2,1H3,(H,33,39)(H,34,35,36). The molecule has 0 spiro atoms. The topological polar surface area (TPSA) is 101 Å². The van der Waals surface area contributed by atoms with Crippen molar-refractivity contribution in [3.8, 4) is 5.75 Å². The van der Waals surface area contributed by atoms with E-state index in [0.29, 0.717) is 34.6 Å². The summed E-state index contributed by atoms with van der Waals surface area (Å²) in [6.45, 7) is 2.22. The monoisotopic (exact) mass is 555 g/mol. The van der Waals surface area contributed by atoms with Crippen molar-refractivity contribution >= 4 is 28.9 Å². The van der Waals surface area contributed by atoms with Gasteiger partial charge in [0.15, 0.2) is 11.4 Å². The second-order valence-corrected chi connectivity index (χ2v) is 11.2. The lowest BCUT2D eigenvalue weighted by atomic mass is 9.94. The Morgan fingerprint density at radius 2 is 2.00 bits per heavy atom. The number of benzene rings is 2. The summed E-state index contributed by atoms with van der Waals surface area (Å²) in [7, 11) is 0. The molecule has 2 aliphatic rings. The molecule has 40 heavy (non-hydrogen) atoms. The summed E-state index contributed by atoms with van der Waals surface area (Å²) >= 11 is 6.21. The van der Waals surface area contributed by atoms with Crippen molar-refractivity contribution in [2.45, 2.75) is 50.0 Å². The maximum atomic E-state index is 13.8. The Hall–Kier alpha value is -4.17. The van der Waals surface area contributed by atoms with Crippen LogP contribution in [-0.2, 0) is 16.6 Å². The molecule has 0 aliphatic heterocycles. The maximum Gasteiger partial charge on any atom is 0.275 e. The summed E-state index contributed by atoms with van der Waals surface area (Å²) in [6.07, 6.45) is 9.85. The highest BCUT2D eigenvalue weighted by molar-refractivity contribution is 6.30. The fraction of sp³-hybridized carbons (Fsp3) is 0.290. The molecule has 0 radical (unpaired) electrons. The molecule has 4 aromatic rings. The Bertz CT molecular complexity index is 1690. The van der Waals surface area contributed by atoms with E-state index in [0.717, 1.165) is 31.3 Å². The molecule has 2 heterocycles. The normalized spacial score (nSPS) is 17.2. The van der Waals surface area contributed by atoms with Crippen molar-refractivity contribution < 1.29 is 9.53 Å². The third-order valence-electron chi connectivity index (χ3n) is 7.66. The molecule has 1 fully saturated rings. The van der Waals surface area contributed by atoms with Gasteiger partial charge < -0.3 is 15.0 Å². The average molecular weight is 556 g/mol. The lowest BCUT2D eigenvalue weighted by Crippen LogP contribution is -2.52. The van der Waals surface area contributed by atoms with Crippen molar-refractivity contribution in [3.63, 3.8) is 0 Å². The molecule has 6 rings (SSSR count). The Balaban J connectivity index is 1.29. The molecule has 2 aliphatic carbocycles. The molecular weight excluding hydrogens is 526 g/mol. The first-order valence-corrected chi connectivity index (χ1v) is 13.8. The van der Waals surface area contributed by atoms with Crippen LogP contribution in [0.4, 0.5) is 0 Å². The van der Waals surface area contributed by atoms with Crippen molar-refractivity contribution in [2.75, 3.05) is 6.54 Å². The third-order valence-corrected chi connectivity index (χ3v) is 7.90. The van der Waals surface area contributed by atoms with E-state index < -0.39 is 5.60 Å². The number of rotatable bonds is 9. The van der Waals surface area contributed by atoms with Gasteiger partial charge >= 0.3 is 0 Å². The minimum absolute atomic E-state index is 0.0674. The SMILES string of the molecule is CC(Cc1cc(=O)n2nc(C3=CC=CCC3)nc2[nH]1)(Oc1cccc(Cl)c1)C(=O)NCC1(c2ccccc2)CC1. The van der Waals surface area contributed by atoms with Crippen LogP contribution in [0, 0.1) is 0 Å². The van der Waals surface area contributed by atoms with E-state index in [1.807, 2.05) is 30.4 Å². The minimum atomic E-state index is -1.35. The molecule has 2 aromatic carbocycles. The minimum Gasteiger partial charge on any atom is -0.477 e. The Morgan fingerprint density at radius 3 is 2.73 bits per heavy atom. The molecule has 1 amide bonds. The number of carbonyl (C=O) groups is 1. The van der Waals surface area contributed by atoms with Crippen LogP contribution in [0.5, 0.6) is 5.75 Å². The Morgan fingerprint density at radius 1 is 1.18 bits per heavy atom. The van der Waals surface area contributed by atoms with Crippen LogP contribution in [0.1, 0.15) is 49.7 Å². The van der Waals surface area contributed by atoms with E-state index in [1.165, 1.54) is 16.1 Å². The van der Waals surface area contributed by atoms with E-state index in [9.17, 15) is 9.59 Å². The zero-order chi connectivity index (χ0) is 27.7. The van der Waals surface area contributed by atoms with Crippen LogP contribution >= 0.6 is 11.6 Å². The van der Waals surface area contributed by atoms with Crippen LogP contribution in [-0.4, -0.2) is 37.6 Å². The van der Waals surface area contributed by atoms with Gasteiger partial charge in [-0.25, -0.2) is 0 Å². The molecule has 1 atom stereocenters. The van der Waals surface area contributed by atoms with Crippen LogP contribution in [0.3, 0.4) is 0 Å². The van der Waals surface area contributed by atoms with Crippen LogP contribution in [0.25, 0.3) is 11.4 Å². The number of allylic oxidation sites excluding steroid dienone is 4. The number of ether oxygens (including phenoxy) is 1. The molecule has 9 heteroatoms. The number of nitrogens with one attached hydrogen (secondary N) is 2. The molecule has 2 aromatic heterocycles. The second kappa shape index (κ2) is 10.4. The van der Waals surface area contributed by atoms with Crippen molar-refractivity contribution in [3.05, 3.63) is 111 Å². The number of hydrogen-bond donors (Lipinski definition) is 2. The first-order valence-electron chi connectivity index (χ1n) is 13.5. The number of halogens is 1. The number of amides is 1. The third kappa shape index (κ3) is 5.31. The first kappa shape index (κ1) is 26.1. The zero-order valence-corrected chi connectivity index (χ0v) is 22.9. The summed E-state index contributed by atoms with van der Waals surface area (Å²) in [4.78, 5) is 34.6. The molecule has 0 bridgehead atoms. The van der Waals surface area contributed by atoms with Gasteiger partial charge in [-0.3, -0.25) is 9.59 Å². The zero-order valence-electron chi connectivity index (χ0n) is 22.2. The molecule has 0 saturated heterocycles. The molecular formula is C31H30ClN5O3. The summed E-state index contributed by atoms with van der Waals surface area (Å²) in [5.74, 6) is 1.01. The molecule has 1 saturated carbocycles. The molecule has 8 nitrogen and oxygen atoms in total. The van der Waals surface area contributed by atoms with Crippen LogP contribution < -0.4 is 15.6 Å². The maximum absolute atomic E-state index is 13.8. The largest absolute Gasteiger partial charge is 0.477 e. The highest BCUT2D eigenvalue weighted by Gasteiger charge is 2.46. The predicted molar refractivity (Wildman–Crippen MR) is 155 cm³/mol. The summed E-state index contributed by atoms with van der Waals surface area (Å²) in [6, 6.07) is 18.6. The van der Waals surface area contributed by atoms with Gasteiger partial charge in [0, 0.05) is 35.2 Å². The van der Waals surface area contributed by atoms with E-state index in [4.69, 9.17) is 16.3 Å². The Kier molecular flexibility index (Phi) is 6.80. The van der Waals surface area contributed by atoms with Gasteiger partial charge in [0.1, 0.15) is 5.75 Å². The number of hydrogen-bond acceptors (Lipinski definition) is 5.